The summed E-state index contributed by atoms with van der Waals surface area (Å²) < 4.78 is 0. The molecule has 1 rings (SSSR count). The van der Waals surface area contributed by atoms with Crippen molar-refractivity contribution in [3.05, 3.63) is 0 Å². The zero-order valence-corrected chi connectivity index (χ0v) is 21.5. The summed E-state index contributed by atoms with van der Waals surface area (Å²) >= 11 is 0. The van der Waals surface area contributed by atoms with Crippen LogP contribution >= 0.6 is 0 Å². The van der Waals surface area contributed by atoms with Crippen molar-refractivity contribution in [2.24, 2.45) is 29.1 Å². The molecule has 0 saturated heterocycles. The van der Waals surface area contributed by atoms with Crippen LogP contribution in [-0.2, 0) is 9.59 Å². The molecule has 32 heavy (non-hydrogen) atoms. The minimum Gasteiger partial charge on any atom is -0.481 e. The quantitative estimate of drug-likeness (QED) is 0.205. The molecular weight excluding hydrogens is 400 g/mol. The first-order valence-corrected chi connectivity index (χ1v) is 13.7. The number of rotatable bonds is 18. The predicted molar refractivity (Wildman–Crippen MR) is 133 cm³/mol. The minimum absolute atomic E-state index is 0.220. The molecule has 3 unspecified atom stereocenters. The van der Waals surface area contributed by atoms with Gasteiger partial charge in [-0.25, -0.2) is 0 Å². The molecule has 0 aromatic rings. The maximum absolute atomic E-state index is 12.5. The van der Waals surface area contributed by atoms with E-state index in [1.165, 1.54) is 44.9 Å². The SMILES string of the molecule is CC(C)CCCCCCCC1C(C(=O)O)CCCC1(CCCCCCCC(C)C)C(=O)O. The van der Waals surface area contributed by atoms with Gasteiger partial charge in [-0.2, -0.15) is 0 Å². The molecule has 2 N–H and O–H groups in total. The lowest BCUT2D eigenvalue weighted by Gasteiger charge is -2.44. The van der Waals surface area contributed by atoms with Crippen molar-refractivity contribution in [3.8, 4) is 0 Å². The summed E-state index contributed by atoms with van der Waals surface area (Å²) in [6, 6.07) is 0. The van der Waals surface area contributed by atoms with E-state index in [-0.39, 0.29) is 5.92 Å². The molecule has 0 bridgehead atoms. The molecule has 1 aliphatic rings. The number of carboxylic acids is 2. The normalized spacial score (nSPS) is 23.7. The molecule has 188 valence electrons. The summed E-state index contributed by atoms with van der Waals surface area (Å²) in [6.45, 7) is 9.02. The molecule has 0 heterocycles. The first-order valence-electron chi connectivity index (χ1n) is 13.7. The molecule has 1 saturated carbocycles. The van der Waals surface area contributed by atoms with Gasteiger partial charge in [0, 0.05) is 0 Å². The van der Waals surface area contributed by atoms with Crippen molar-refractivity contribution in [1.82, 2.24) is 0 Å². The van der Waals surface area contributed by atoms with Crippen LogP contribution in [0.25, 0.3) is 0 Å². The largest absolute Gasteiger partial charge is 0.481 e. The Bertz CT molecular complexity index is 528. The average molecular weight is 453 g/mol. The third kappa shape index (κ3) is 10.3. The van der Waals surface area contributed by atoms with Crippen LogP contribution in [0, 0.1) is 29.1 Å². The van der Waals surface area contributed by atoms with E-state index in [1.54, 1.807) is 0 Å². The maximum Gasteiger partial charge on any atom is 0.309 e. The first-order chi connectivity index (χ1) is 15.2. The van der Waals surface area contributed by atoms with Crippen LogP contribution in [0.15, 0.2) is 0 Å². The zero-order valence-electron chi connectivity index (χ0n) is 21.5. The second-order valence-corrected chi connectivity index (χ2v) is 11.3. The summed E-state index contributed by atoms with van der Waals surface area (Å²) in [7, 11) is 0. The standard InChI is InChI=1S/C28H52O4/c1-22(2)16-11-7-5-9-13-19-25-24(26(29)30)18-15-21-28(25,27(31)32)20-14-10-6-8-12-17-23(3)4/h22-25H,5-21H2,1-4H3,(H,29,30)(H,31,32). The van der Waals surface area contributed by atoms with Crippen LogP contribution in [0.5, 0.6) is 0 Å². The van der Waals surface area contributed by atoms with E-state index in [0.29, 0.717) is 19.3 Å². The molecule has 0 aromatic carbocycles. The lowest BCUT2D eigenvalue weighted by Crippen LogP contribution is -2.47. The monoisotopic (exact) mass is 452 g/mol. The van der Waals surface area contributed by atoms with Gasteiger partial charge in [0.15, 0.2) is 0 Å². The molecule has 1 fully saturated rings. The van der Waals surface area contributed by atoms with E-state index < -0.39 is 23.3 Å². The van der Waals surface area contributed by atoms with Crippen molar-refractivity contribution in [1.29, 1.82) is 0 Å². The Hall–Kier alpha value is -1.06. The highest BCUT2D eigenvalue weighted by atomic mass is 16.4. The van der Waals surface area contributed by atoms with Gasteiger partial charge in [-0.05, 0) is 43.4 Å². The summed E-state index contributed by atoms with van der Waals surface area (Å²) in [5.74, 6) is -0.748. The third-order valence-electron chi connectivity index (χ3n) is 7.78. The van der Waals surface area contributed by atoms with Crippen LogP contribution in [0.2, 0.25) is 0 Å². The Labute approximate surface area is 197 Å². The van der Waals surface area contributed by atoms with Crippen LogP contribution in [0.3, 0.4) is 0 Å². The van der Waals surface area contributed by atoms with Gasteiger partial charge in [-0.3, -0.25) is 9.59 Å². The second kappa shape index (κ2) is 15.7. The summed E-state index contributed by atoms with van der Waals surface area (Å²) in [6.07, 6.45) is 17.3. The summed E-state index contributed by atoms with van der Waals surface area (Å²) in [5, 5.41) is 20.2. The fourth-order valence-corrected chi connectivity index (χ4v) is 5.84. The first kappa shape index (κ1) is 29.0. The molecule has 0 aliphatic heterocycles. The van der Waals surface area contributed by atoms with Crippen LogP contribution in [0.1, 0.15) is 137 Å². The van der Waals surface area contributed by atoms with E-state index in [9.17, 15) is 19.8 Å². The van der Waals surface area contributed by atoms with Crippen molar-refractivity contribution in [2.45, 2.75) is 137 Å². The van der Waals surface area contributed by atoms with Crippen molar-refractivity contribution >= 4 is 11.9 Å². The Morgan fingerprint density at radius 2 is 1.28 bits per heavy atom. The number of carbonyl (C=O) groups is 2. The van der Waals surface area contributed by atoms with Crippen molar-refractivity contribution in [2.75, 3.05) is 0 Å². The van der Waals surface area contributed by atoms with Gasteiger partial charge < -0.3 is 10.2 Å². The predicted octanol–water partition coefficient (Wildman–Crippen LogP) is 8.33. The maximum atomic E-state index is 12.5. The smallest absolute Gasteiger partial charge is 0.309 e. The summed E-state index contributed by atoms with van der Waals surface area (Å²) in [5.41, 5.74) is -0.836. The number of unbranched alkanes of at least 4 members (excludes halogenated alkanes) is 8. The Morgan fingerprint density at radius 3 is 1.78 bits per heavy atom. The number of hydrogen-bond donors (Lipinski definition) is 2. The second-order valence-electron chi connectivity index (χ2n) is 11.3. The molecule has 4 nitrogen and oxygen atoms in total. The number of carboxylic acid groups (broad SMARTS) is 2. The van der Waals surface area contributed by atoms with E-state index >= 15 is 0 Å². The van der Waals surface area contributed by atoms with Gasteiger partial charge in [-0.1, -0.05) is 111 Å². The molecule has 0 aromatic heterocycles. The number of aliphatic carboxylic acids is 2. The number of hydrogen-bond acceptors (Lipinski definition) is 2. The van der Waals surface area contributed by atoms with Crippen molar-refractivity contribution in [3.63, 3.8) is 0 Å². The van der Waals surface area contributed by atoms with E-state index in [1.807, 2.05) is 0 Å². The molecule has 0 radical (unpaired) electrons. The highest BCUT2D eigenvalue weighted by Crippen LogP contribution is 2.50. The highest BCUT2D eigenvalue weighted by molar-refractivity contribution is 5.78. The zero-order chi connectivity index (χ0) is 24.0. The van der Waals surface area contributed by atoms with Gasteiger partial charge in [-0.15, -0.1) is 0 Å². The molecule has 1 aliphatic carbocycles. The van der Waals surface area contributed by atoms with Gasteiger partial charge >= 0.3 is 11.9 Å². The third-order valence-corrected chi connectivity index (χ3v) is 7.78. The topological polar surface area (TPSA) is 74.6 Å². The highest BCUT2D eigenvalue weighted by Gasteiger charge is 2.52. The van der Waals surface area contributed by atoms with E-state index in [0.717, 1.165) is 56.8 Å². The van der Waals surface area contributed by atoms with E-state index in [2.05, 4.69) is 27.7 Å². The fourth-order valence-electron chi connectivity index (χ4n) is 5.84. The average Bonchev–Trinajstić information content (AvgIpc) is 2.72. The van der Waals surface area contributed by atoms with Crippen LogP contribution < -0.4 is 0 Å². The molecule has 0 spiro atoms. The van der Waals surface area contributed by atoms with Crippen LogP contribution in [-0.4, -0.2) is 22.2 Å². The molecular formula is C28H52O4. The fraction of sp³-hybridized carbons (Fsp3) is 0.929. The Kier molecular flexibility index (Phi) is 14.2. The lowest BCUT2D eigenvalue weighted by atomic mass is 9.58. The van der Waals surface area contributed by atoms with Crippen LogP contribution in [0.4, 0.5) is 0 Å². The van der Waals surface area contributed by atoms with E-state index in [4.69, 9.17) is 0 Å². The summed E-state index contributed by atoms with van der Waals surface area (Å²) in [4.78, 5) is 24.6. The Morgan fingerprint density at radius 1 is 0.781 bits per heavy atom. The lowest BCUT2D eigenvalue weighted by molar-refractivity contribution is -0.164. The molecule has 0 amide bonds. The minimum atomic E-state index is -0.836. The van der Waals surface area contributed by atoms with Gasteiger partial charge in [0.05, 0.1) is 11.3 Å². The van der Waals surface area contributed by atoms with Crippen molar-refractivity contribution < 1.29 is 19.8 Å². The van der Waals surface area contributed by atoms with Gasteiger partial charge in [0.2, 0.25) is 0 Å². The van der Waals surface area contributed by atoms with Gasteiger partial charge in [0.1, 0.15) is 0 Å². The molecule has 3 atom stereocenters. The molecule has 4 heteroatoms. The Balaban J connectivity index is 2.62. The van der Waals surface area contributed by atoms with Gasteiger partial charge in [0.25, 0.3) is 0 Å².